The fourth-order valence-electron chi connectivity index (χ4n) is 1.36. The van der Waals surface area contributed by atoms with Gasteiger partial charge in [-0.25, -0.2) is 0 Å². The summed E-state index contributed by atoms with van der Waals surface area (Å²) in [5.41, 5.74) is 0.746. The minimum atomic E-state index is -0.0248. The predicted octanol–water partition coefficient (Wildman–Crippen LogP) is 3.07. The number of halogens is 1. The Labute approximate surface area is 102 Å². The molecule has 0 heterocycles. The third-order valence-electron chi connectivity index (χ3n) is 2.53. The number of hydrogen-bond donors (Lipinski definition) is 1. The van der Waals surface area contributed by atoms with E-state index in [0.717, 1.165) is 6.42 Å². The topological polar surface area (TPSA) is 29.1 Å². The van der Waals surface area contributed by atoms with Crippen LogP contribution >= 0.6 is 11.6 Å². The second-order valence-corrected chi connectivity index (χ2v) is 5.03. The van der Waals surface area contributed by atoms with Gasteiger partial charge in [-0.15, -0.1) is 11.6 Å². The average Bonchev–Trinajstić information content (AvgIpc) is 2.27. The number of hydrogen-bond acceptors (Lipinski definition) is 1. The van der Waals surface area contributed by atoms with Crippen molar-refractivity contribution in [3.05, 3.63) is 35.9 Å². The highest BCUT2D eigenvalue weighted by Gasteiger charge is 2.18. The van der Waals surface area contributed by atoms with Crippen molar-refractivity contribution in [1.29, 1.82) is 0 Å². The lowest BCUT2D eigenvalue weighted by Crippen LogP contribution is -2.34. The summed E-state index contributed by atoms with van der Waals surface area (Å²) < 4.78 is 0. The van der Waals surface area contributed by atoms with Gasteiger partial charge < -0.3 is 5.32 Å². The quantitative estimate of drug-likeness (QED) is 0.787. The van der Waals surface area contributed by atoms with Crippen LogP contribution in [0.2, 0.25) is 0 Å². The van der Waals surface area contributed by atoms with Crippen LogP contribution in [0.3, 0.4) is 0 Å². The van der Waals surface area contributed by atoms with Crippen molar-refractivity contribution in [2.24, 2.45) is 5.41 Å². The summed E-state index contributed by atoms with van der Waals surface area (Å²) in [5, 5.41) is 2.93. The number of carbonyl (C=O) groups excluding carboxylic acids is 1. The van der Waals surface area contributed by atoms with E-state index in [1.165, 1.54) is 0 Å². The number of benzene rings is 1. The molecule has 1 aromatic rings. The van der Waals surface area contributed by atoms with E-state index in [1.54, 1.807) is 0 Å². The standard InChI is InChI=1S/C13H18ClNO/c1-13(2,8-9-14)10-15-12(16)11-6-4-3-5-7-11/h3-7H,8-10H2,1-2H3,(H,15,16). The Bertz CT molecular complexity index is 335. The van der Waals surface area contributed by atoms with Crippen molar-refractivity contribution in [3.8, 4) is 0 Å². The smallest absolute Gasteiger partial charge is 0.251 e. The Morgan fingerprint density at radius 3 is 2.50 bits per heavy atom. The first-order chi connectivity index (χ1) is 7.55. The second kappa shape index (κ2) is 5.90. The lowest BCUT2D eigenvalue weighted by molar-refractivity contribution is 0.0936. The average molecular weight is 240 g/mol. The van der Waals surface area contributed by atoms with E-state index in [-0.39, 0.29) is 11.3 Å². The van der Waals surface area contributed by atoms with Crippen LogP contribution in [-0.4, -0.2) is 18.3 Å². The maximum absolute atomic E-state index is 11.8. The highest BCUT2D eigenvalue weighted by atomic mass is 35.5. The summed E-state index contributed by atoms with van der Waals surface area (Å²) in [6.07, 6.45) is 0.892. The van der Waals surface area contributed by atoms with Crippen LogP contribution in [-0.2, 0) is 0 Å². The fourth-order valence-corrected chi connectivity index (χ4v) is 1.87. The van der Waals surface area contributed by atoms with Gasteiger partial charge in [-0.05, 0) is 24.0 Å². The molecule has 3 heteroatoms. The molecule has 0 atom stereocenters. The summed E-state index contributed by atoms with van der Waals surface area (Å²) in [4.78, 5) is 11.8. The minimum absolute atomic E-state index is 0.0248. The summed E-state index contributed by atoms with van der Waals surface area (Å²) >= 11 is 5.71. The lowest BCUT2D eigenvalue weighted by Gasteiger charge is -2.23. The monoisotopic (exact) mass is 239 g/mol. The summed E-state index contributed by atoms with van der Waals surface area (Å²) in [7, 11) is 0. The molecule has 0 saturated carbocycles. The first-order valence-electron chi connectivity index (χ1n) is 5.44. The maximum atomic E-state index is 11.8. The summed E-state index contributed by atoms with van der Waals surface area (Å²) in [5.74, 6) is 0.594. The molecule has 1 N–H and O–H groups in total. The molecule has 0 aromatic heterocycles. The molecule has 2 nitrogen and oxygen atoms in total. The van der Waals surface area contributed by atoms with E-state index < -0.39 is 0 Å². The molecule has 0 spiro atoms. The van der Waals surface area contributed by atoms with Crippen molar-refractivity contribution in [2.45, 2.75) is 20.3 Å². The number of carbonyl (C=O) groups is 1. The van der Waals surface area contributed by atoms with Crippen LogP contribution in [0.1, 0.15) is 30.6 Å². The van der Waals surface area contributed by atoms with Crippen molar-refractivity contribution < 1.29 is 4.79 Å². The van der Waals surface area contributed by atoms with Crippen LogP contribution < -0.4 is 5.32 Å². The first kappa shape index (κ1) is 13.0. The maximum Gasteiger partial charge on any atom is 0.251 e. The molecule has 88 valence electrons. The van der Waals surface area contributed by atoms with Gasteiger partial charge >= 0.3 is 0 Å². The van der Waals surface area contributed by atoms with Crippen LogP contribution in [0.4, 0.5) is 0 Å². The van der Waals surface area contributed by atoms with E-state index in [9.17, 15) is 4.79 Å². The van der Waals surface area contributed by atoms with Gasteiger partial charge in [-0.3, -0.25) is 4.79 Å². The van der Waals surface area contributed by atoms with E-state index in [0.29, 0.717) is 18.0 Å². The van der Waals surface area contributed by atoms with Gasteiger partial charge in [0.25, 0.3) is 5.91 Å². The minimum Gasteiger partial charge on any atom is -0.352 e. The predicted molar refractivity (Wildman–Crippen MR) is 67.9 cm³/mol. The SMILES string of the molecule is CC(C)(CCCl)CNC(=O)c1ccccc1. The van der Waals surface area contributed by atoms with Crippen molar-refractivity contribution in [1.82, 2.24) is 5.32 Å². The van der Waals surface area contributed by atoms with E-state index in [4.69, 9.17) is 11.6 Å². The lowest BCUT2D eigenvalue weighted by atomic mass is 9.90. The molecular formula is C13H18ClNO. The normalized spacial score (nSPS) is 11.2. The van der Waals surface area contributed by atoms with Crippen molar-refractivity contribution in [2.75, 3.05) is 12.4 Å². The van der Waals surface area contributed by atoms with Gasteiger partial charge in [0.15, 0.2) is 0 Å². The second-order valence-electron chi connectivity index (χ2n) is 4.65. The Balaban J connectivity index is 2.48. The molecule has 1 rings (SSSR count). The van der Waals surface area contributed by atoms with Gasteiger partial charge in [0.1, 0.15) is 0 Å². The summed E-state index contributed by atoms with van der Waals surface area (Å²) in [6.45, 7) is 4.84. The molecule has 0 aliphatic carbocycles. The number of rotatable bonds is 5. The van der Waals surface area contributed by atoms with E-state index >= 15 is 0 Å². The van der Waals surface area contributed by atoms with E-state index in [1.807, 2.05) is 30.3 Å². The molecular weight excluding hydrogens is 222 g/mol. The Kier molecular flexibility index (Phi) is 4.81. The third kappa shape index (κ3) is 4.23. The molecule has 16 heavy (non-hydrogen) atoms. The van der Waals surface area contributed by atoms with Crippen LogP contribution in [0, 0.1) is 5.41 Å². The number of nitrogens with one attached hydrogen (secondary N) is 1. The van der Waals surface area contributed by atoms with Crippen LogP contribution in [0.25, 0.3) is 0 Å². The van der Waals surface area contributed by atoms with Crippen molar-refractivity contribution >= 4 is 17.5 Å². The van der Waals surface area contributed by atoms with Gasteiger partial charge in [-0.1, -0.05) is 32.0 Å². The molecule has 0 fully saturated rings. The number of amides is 1. The fraction of sp³-hybridized carbons (Fsp3) is 0.462. The molecule has 0 unspecified atom stereocenters. The Hall–Kier alpha value is -1.02. The molecule has 0 saturated heterocycles. The largest absolute Gasteiger partial charge is 0.352 e. The molecule has 0 aliphatic rings. The molecule has 0 radical (unpaired) electrons. The number of alkyl halides is 1. The van der Waals surface area contributed by atoms with Gasteiger partial charge in [-0.2, -0.15) is 0 Å². The molecule has 1 amide bonds. The Morgan fingerprint density at radius 2 is 1.94 bits per heavy atom. The van der Waals surface area contributed by atoms with Crippen LogP contribution in [0.15, 0.2) is 30.3 Å². The summed E-state index contributed by atoms with van der Waals surface area (Å²) in [6, 6.07) is 9.24. The van der Waals surface area contributed by atoms with Gasteiger partial charge in [0, 0.05) is 18.0 Å². The highest BCUT2D eigenvalue weighted by molar-refractivity contribution is 6.17. The van der Waals surface area contributed by atoms with Gasteiger partial charge in [0.2, 0.25) is 0 Å². The highest BCUT2D eigenvalue weighted by Crippen LogP contribution is 2.19. The first-order valence-corrected chi connectivity index (χ1v) is 5.98. The molecule has 0 bridgehead atoms. The molecule has 0 aliphatic heterocycles. The zero-order chi connectivity index (χ0) is 12.0. The third-order valence-corrected chi connectivity index (χ3v) is 2.72. The Morgan fingerprint density at radius 1 is 1.31 bits per heavy atom. The van der Waals surface area contributed by atoms with E-state index in [2.05, 4.69) is 19.2 Å². The molecule has 1 aromatic carbocycles. The zero-order valence-corrected chi connectivity index (χ0v) is 10.6. The van der Waals surface area contributed by atoms with Gasteiger partial charge in [0.05, 0.1) is 0 Å². The zero-order valence-electron chi connectivity index (χ0n) is 9.79. The van der Waals surface area contributed by atoms with Crippen molar-refractivity contribution in [3.63, 3.8) is 0 Å². The van der Waals surface area contributed by atoms with Crippen LogP contribution in [0.5, 0.6) is 0 Å².